The van der Waals surface area contributed by atoms with Crippen molar-refractivity contribution in [1.29, 1.82) is 5.26 Å². The summed E-state index contributed by atoms with van der Waals surface area (Å²) < 4.78 is 12.0. The molecular formula is C14H12ClN3O2S2. The number of anilines is 1. The maximum atomic E-state index is 12.2. The molecular weight excluding hydrogens is 342 g/mol. The number of nitriles is 1. The molecule has 0 fully saturated rings. The summed E-state index contributed by atoms with van der Waals surface area (Å²) in [6.45, 7) is 0. The Labute approximate surface area is 139 Å². The van der Waals surface area contributed by atoms with Crippen molar-refractivity contribution in [3.8, 4) is 6.07 Å². The molecule has 5 nitrogen and oxygen atoms in total. The molecule has 0 aliphatic heterocycles. The third kappa shape index (κ3) is 3.65. The minimum absolute atomic E-state index is 0.269. The van der Waals surface area contributed by atoms with E-state index in [1.807, 2.05) is 6.07 Å². The molecule has 1 aromatic carbocycles. The zero-order chi connectivity index (χ0) is 16.3. The zero-order valence-corrected chi connectivity index (χ0v) is 14.2. The van der Waals surface area contributed by atoms with Crippen molar-refractivity contribution in [2.24, 2.45) is 0 Å². The van der Waals surface area contributed by atoms with Crippen LogP contribution < -0.4 is 10.4 Å². The Morgan fingerprint density at radius 3 is 2.55 bits per heavy atom. The Kier molecular flexibility index (Phi) is 5.19. The topological polar surface area (TPSA) is 73.2 Å². The Hall–Kier alpha value is -1.88. The van der Waals surface area contributed by atoms with Crippen LogP contribution in [0.15, 0.2) is 34.5 Å². The molecule has 1 unspecified atom stereocenters. The highest BCUT2D eigenvalue weighted by Gasteiger charge is 2.17. The Morgan fingerprint density at radius 2 is 2.05 bits per heavy atom. The van der Waals surface area contributed by atoms with E-state index in [-0.39, 0.29) is 11.5 Å². The normalized spacial score (nSPS) is 11.5. The molecule has 0 saturated heterocycles. The van der Waals surface area contributed by atoms with E-state index in [1.165, 1.54) is 12.3 Å². The molecule has 0 bridgehead atoms. The summed E-state index contributed by atoms with van der Waals surface area (Å²) in [5.41, 5.74) is 3.72. The highest BCUT2D eigenvalue weighted by molar-refractivity contribution is 7.86. The Balaban J connectivity index is 2.17. The van der Waals surface area contributed by atoms with Crippen molar-refractivity contribution in [2.45, 2.75) is 4.21 Å². The number of thiophene rings is 1. The van der Waals surface area contributed by atoms with Crippen LogP contribution in [0, 0.1) is 11.3 Å². The molecule has 1 atom stereocenters. The minimum Gasteiger partial charge on any atom is -0.288 e. The molecule has 114 valence electrons. The lowest BCUT2D eigenvalue weighted by Gasteiger charge is -2.19. The van der Waals surface area contributed by atoms with Crippen molar-refractivity contribution < 1.29 is 9.00 Å². The summed E-state index contributed by atoms with van der Waals surface area (Å²) in [5.74, 6) is -0.365. The van der Waals surface area contributed by atoms with Crippen LogP contribution >= 0.6 is 22.9 Å². The first-order valence-corrected chi connectivity index (χ1v) is 8.85. The van der Waals surface area contributed by atoms with Gasteiger partial charge in [-0.1, -0.05) is 11.6 Å². The standard InChI is InChI=1S/C14H12ClN3O2S2/c1-18(11-5-3-10(15)4-6-11)17-13(19)12-7-9(8-16)14(21-12)22(2)20/h3-7H,1-2H3,(H,17,19). The van der Waals surface area contributed by atoms with Gasteiger partial charge in [-0.25, -0.2) is 0 Å². The van der Waals surface area contributed by atoms with Crippen LogP contribution in [0.2, 0.25) is 5.02 Å². The van der Waals surface area contributed by atoms with Gasteiger partial charge in [-0.05, 0) is 30.3 Å². The fourth-order valence-electron chi connectivity index (χ4n) is 1.71. The van der Waals surface area contributed by atoms with E-state index in [0.29, 0.717) is 14.1 Å². The summed E-state index contributed by atoms with van der Waals surface area (Å²) in [4.78, 5) is 12.6. The molecule has 0 aliphatic rings. The quantitative estimate of drug-likeness (QED) is 0.858. The lowest BCUT2D eigenvalue weighted by molar-refractivity contribution is 0.0955. The number of hydrazine groups is 1. The minimum atomic E-state index is -1.30. The van der Waals surface area contributed by atoms with Gasteiger partial charge >= 0.3 is 0 Å². The van der Waals surface area contributed by atoms with Crippen LogP contribution in [0.3, 0.4) is 0 Å². The second-order valence-corrected chi connectivity index (χ2v) is 7.42. The number of nitrogens with one attached hydrogen (secondary N) is 1. The molecule has 0 spiro atoms. The summed E-state index contributed by atoms with van der Waals surface area (Å²) in [7, 11) is 0.394. The van der Waals surface area contributed by atoms with Gasteiger partial charge < -0.3 is 0 Å². The van der Waals surface area contributed by atoms with Gasteiger partial charge in [0.1, 0.15) is 10.3 Å². The largest absolute Gasteiger partial charge is 0.288 e. The number of carbonyl (C=O) groups is 1. The van der Waals surface area contributed by atoms with E-state index in [1.54, 1.807) is 36.3 Å². The second-order valence-electron chi connectivity index (χ2n) is 4.35. The van der Waals surface area contributed by atoms with E-state index >= 15 is 0 Å². The van der Waals surface area contributed by atoms with Gasteiger partial charge in [0.15, 0.2) is 0 Å². The van der Waals surface area contributed by atoms with Gasteiger partial charge in [-0.15, -0.1) is 11.3 Å². The molecule has 2 aromatic rings. The number of benzene rings is 1. The number of halogens is 1. The van der Waals surface area contributed by atoms with Crippen LogP contribution in [0.25, 0.3) is 0 Å². The number of rotatable bonds is 4. The summed E-state index contributed by atoms with van der Waals surface area (Å²) in [6.07, 6.45) is 1.48. The Bertz CT molecular complexity index is 765. The van der Waals surface area contributed by atoms with E-state index in [9.17, 15) is 9.00 Å². The summed E-state index contributed by atoms with van der Waals surface area (Å²) in [6, 6.07) is 10.4. The highest BCUT2D eigenvalue weighted by atomic mass is 35.5. The average Bonchev–Trinajstić information content (AvgIpc) is 2.92. The SMILES string of the molecule is CN(NC(=O)c1cc(C#N)c(S(C)=O)s1)c1ccc(Cl)cc1. The molecule has 0 radical (unpaired) electrons. The van der Waals surface area contributed by atoms with E-state index < -0.39 is 10.8 Å². The fraction of sp³-hybridized carbons (Fsp3) is 0.143. The molecule has 1 aromatic heterocycles. The maximum absolute atomic E-state index is 12.2. The number of nitrogens with zero attached hydrogens (tertiary/aromatic N) is 2. The fourth-order valence-corrected chi connectivity index (χ4v) is 3.72. The number of hydrogen-bond donors (Lipinski definition) is 1. The zero-order valence-electron chi connectivity index (χ0n) is 11.8. The van der Waals surface area contributed by atoms with E-state index in [4.69, 9.17) is 16.9 Å². The van der Waals surface area contributed by atoms with Gasteiger partial charge in [-0.3, -0.25) is 19.4 Å². The third-order valence-electron chi connectivity index (χ3n) is 2.79. The van der Waals surface area contributed by atoms with Crippen molar-refractivity contribution in [2.75, 3.05) is 18.3 Å². The van der Waals surface area contributed by atoms with Gasteiger partial charge in [0, 0.05) is 18.3 Å². The van der Waals surface area contributed by atoms with Gasteiger partial charge in [0.05, 0.1) is 26.9 Å². The van der Waals surface area contributed by atoms with Crippen molar-refractivity contribution in [3.63, 3.8) is 0 Å². The first-order chi connectivity index (χ1) is 10.4. The van der Waals surface area contributed by atoms with Crippen LogP contribution in [0.1, 0.15) is 15.2 Å². The molecule has 1 amide bonds. The monoisotopic (exact) mass is 353 g/mol. The highest BCUT2D eigenvalue weighted by Crippen LogP contribution is 2.25. The summed E-state index contributed by atoms with van der Waals surface area (Å²) in [5, 5.41) is 11.2. The van der Waals surface area contributed by atoms with Crippen LogP contribution in [0.5, 0.6) is 0 Å². The van der Waals surface area contributed by atoms with Crippen molar-refractivity contribution in [1.82, 2.24) is 5.43 Å². The smallest absolute Gasteiger partial charge is 0.279 e. The number of amides is 1. The number of hydrogen-bond acceptors (Lipinski definition) is 5. The first-order valence-electron chi connectivity index (χ1n) is 6.10. The molecule has 0 saturated carbocycles. The predicted octanol–water partition coefficient (Wildman–Crippen LogP) is 2.79. The van der Waals surface area contributed by atoms with Gasteiger partial charge in [0.25, 0.3) is 5.91 Å². The predicted molar refractivity (Wildman–Crippen MR) is 88.7 cm³/mol. The van der Waals surface area contributed by atoms with Crippen molar-refractivity contribution >= 4 is 45.3 Å². The van der Waals surface area contributed by atoms with Gasteiger partial charge in [0.2, 0.25) is 0 Å². The number of carbonyl (C=O) groups excluding carboxylic acids is 1. The molecule has 8 heteroatoms. The molecule has 0 aliphatic carbocycles. The molecule has 2 rings (SSSR count). The Morgan fingerprint density at radius 1 is 1.41 bits per heavy atom. The van der Waals surface area contributed by atoms with E-state index in [0.717, 1.165) is 17.0 Å². The second kappa shape index (κ2) is 6.92. The average molecular weight is 354 g/mol. The third-order valence-corrected chi connectivity index (χ3v) is 5.66. The molecule has 1 N–H and O–H groups in total. The van der Waals surface area contributed by atoms with Gasteiger partial charge in [-0.2, -0.15) is 5.26 Å². The van der Waals surface area contributed by atoms with Crippen molar-refractivity contribution in [3.05, 3.63) is 45.8 Å². The lowest BCUT2D eigenvalue weighted by Crippen LogP contribution is -2.38. The maximum Gasteiger partial charge on any atom is 0.279 e. The lowest BCUT2D eigenvalue weighted by atomic mass is 10.3. The van der Waals surface area contributed by atoms with Crippen LogP contribution in [-0.4, -0.2) is 23.4 Å². The van der Waals surface area contributed by atoms with Crippen LogP contribution in [0.4, 0.5) is 5.69 Å². The van der Waals surface area contributed by atoms with E-state index in [2.05, 4.69) is 5.43 Å². The first kappa shape index (κ1) is 16.5. The summed E-state index contributed by atoms with van der Waals surface area (Å²) >= 11 is 6.88. The molecule has 22 heavy (non-hydrogen) atoms. The van der Waals surface area contributed by atoms with Crippen LogP contribution in [-0.2, 0) is 10.8 Å². The molecule has 1 heterocycles.